The number of benzene rings is 1. The Hall–Kier alpha value is -1.000. The van der Waals surface area contributed by atoms with Crippen molar-refractivity contribution in [1.29, 1.82) is 0 Å². The minimum atomic E-state index is -0.124. The molecule has 0 saturated heterocycles. The van der Waals surface area contributed by atoms with Crippen LogP contribution in [0.15, 0.2) is 29.4 Å². The normalized spacial score (nSPS) is 16.1. The summed E-state index contributed by atoms with van der Waals surface area (Å²) in [6.45, 7) is 0. The number of amides is 1. The summed E-state index contributed by atoms with van der Waals surface area (Å²) in [5, 5.41) is 4.48. The zero-order valence-corrected chi connectivity index (χ0v) is 8.73. The van der Waals surface area contributed by atoms with Crippen LogP contribution in [0.4, 0.5) is 4.79 Å². The number of hydrogen-bond acceptors (Lipinski definition) is 3. The molecule has 1 heterocycles. The molecular formula is C9H7ClN2OS. The molecule has 0 bridgehead atoms. The zero-order valence-electron chi connectivity index (χ0n) is 7.16. The number of nitrogens with zero attached hydrogens (tertiary/aromatic N) is 1. The van der Waals surface area contributed by atoms with Gasteiger partial charge < -0.3 is 0 Å². The van der Waals surface area contributed by atoms with Gasteiger partial charge in [-0.2, -0.15) is 5.10 Å². The number of halogens is 1. The van der Waals surface area contributed by atoms with Gasteiger partial charge in [-0.25, -0.2) is 5.43 Å². The highest BCUT2D eigenvalue weighted by molar-refractivity contribution is 8.14. The predicted molar refractivity (Wildman–Crippen MR) is 59.0 cm³/mol. The van der Waals surface area contributed by atoms with Gasteiger partial charge in [-0.1, -0.05) is 41.6 Å². The Morgan fingerprint density at radius 2 is 2.21 bits per heavy atom. The molecule has 0 unspecified atom stereocenters. The van der Waals surface area contributed by atoms with Crippen LogP contribution in [0.1, 0.15) is 5.56 Å². The Balaban J connectivity index is 2.32. The van der Waals surface area contributed by atoms with E-state index in [0.29, 0.717) is 10.8 Å². The molecule has 1 N–H and O–H groups in total. The topological polar surface area (TPSA) is 41.5 Å². The highest BCUT2D eigenvalue weighted by atomic mass is 35.5. The molecule has 2 rings (SSSR count). The minimum Gasteiger partial charge on any atom is -0.260 e. The SMILES string of the molecule is O=C1NN=C(c2ccccc2Cl)CS1. The second kappa shape index (κ2) is 4.02. The first kappa shape index (κ1) is 9.55. The molecule has 0 radical (unpaired) electrons. The Labute approximate surface area is 90.5 Å². The summed E-state index contributed by atoms with van der Waals surface area (Å²) < 4.78 is 0. The average Bonchev–Trinajstić information content (AvgIpc) is 2.20. The molecule has 1 aliphatic rings. The van der Waals surface area contributed by atoms with Gasteiger partial charge in [-0.05, 0) is 6.07 Å². The lowest BCUT2D eigenvalue weighted by atomic mass is 10.1. The Bertz CT molecular complexity index is 406. The molecule has 0 fully saturated rings. The number of carbonyl (C=O) groups is 1. The fraction of sp³-hybridized carbons (Fsp3) is 0.111. The van der Waals surface area contributed by atoms with Crippen molar-refractivity contribution in [2.75, 3.05) is 5.75 Å². The second-order valence-corrected chi connectivity index (χ2v) is 4.08. The predicted octanol–water partition coefficient (Wildman–Crippen LogP) is 2.50. The fourth-order valence-corrected chi connectivity index (χ4v) is 1.99. The molecule has 0 atom stereocenters. The van der Waals surface area contributed by atoms with Gasteiger partial charge in [-0.15, -0.1) is 0 Å². The van der Waals surface area contributed by atoms with Crippen LogP contribution in [0.25, 0.3) is 0 Å². The molecule has 1 aromatic rings. The van der Waals surface area contributed by atoms with Crippen molar-refractivity contribution in [2.45, 2.75) is 0 Å². The maximum Gasteiger partial charge on any atom is 0.299 e. The maximum atomic E-state index is 10.8. The van der Waals surface area contributed by atoms with E-state index < -0.39 is 0 Å². The van der Waals surface area contributed by atoms with E-state index in [-0.39, 0.29) is 5.24 Å². The smallest absolute Gasteiger partial charge is 0.260 e. The van der Waals surface area contributed by atoms with Crippen LogP contribution in [0.5, 0.6) is 0 Å². The minimum absolute atomic E-state index is 0.124. The zero-order chi connectivity index (χ0) is 9.97. The van der Waals surface area contributed by atoms with Gasteiger partial charge in [0, 0.05) is 16.3 Å². The molecule has 0 spiro atoms. The first-order chi connectivity index (χ1) is 6.77. The third-order valence-corrected chi connectivity index (χ3v) is 2.91. The van der Waals surface area contributed by atoms with Crippen LogP contribution in [0.2, 0.25) is 5.02 Å². The van der Waals surface area contributed by atoms with Gasteiger partial charge in [0.1, 0.15) is 0 Å². The summed E-state index contributed by atoms with van der Waals surface area (Å²) in [6.07, 6.45) is 0. The highest BCUT2D eigenvalue weighted by Gasteiger charge is 2.15. The van der Waals surface area contributed by atoms with E-state index in [1.54, 1.807) is 6.07 Å². The second-order valence-electron chi connectivity index (χ2n) is 2.73. The van der Waals surface area contributed by atoms with Gasteiger partial charge in [0.15, 0.2) is 0 Å². The molecular weight excluding hydrogens is 220 g/mol. The monoisotopic (exact) mass is 226 g/mol. The molecule has 1 aliphatic heterocycles. The first-order valence-corrected chi connectivity index (χ1v) is 5.38. The van der Waals surface area contributed by atoms with Crippen molar-refractivity contribution < 1.29 is 4.79 Å². The average molecular weight is 227 g/mol. The van der Waals surface area contributed by atoms with E-state index in [1.165, 1.54) is 11.8 Å². The summed E-state index contributed by atoms with van der Waals surface area (Å²) in [7, 11) is 0. The Kier molecular flexibility index (Phi) is 2.74. The quantitative estimate of drug-likeness (QED) is 0.800. The van der Waals surface area contributed by atoms with Crippen molar-refractivity contribution in [2.24, 2.45) is 5.10 Å². The largest absolute Gasteiger partial charge is 0.299 e. The standard InChI is InChI=1S/C9H7ClN2OS/c10-7-4-2-1-3-6(7)8-5-14-9(13)12-11-8/h1-4H,5H2,(H,12,13). The van der Waals surface area contributed by atoms with Gasteiger partial charge in [0.25, 0.3) is 5.24 Å². The third kappa shape index (κ3) is 1.91. The number of thioether (sulfide) groups is 1. The molecule has 0 aliphatic carbocycles. The number of nitrogens with one attached hydrogen (secondary N) is 1. The molecule has 0 aromatic heterocycles. The van der Waals surface area contributed by atoms with Crippen molar-refractivity contribution in [3.8, 4) is 0 Å². The van der Waals surface area contributed by atoms with Crippen molar-refractivity contribution >= 4 is 34.3 Å². The summed E-state index contributed by atoms with van der Waals surface area (Å²) in [6, 6.07) is 7.45. The molecule has 3 nitrogen and oxygen atoms in total. The molecule has 1 aromatic carbocycles. The first-order valence-electron chi connectivity index (χ1n) is 4.01. The number of rotatable bonds is 1. The van der Waals surface area contributed by atoms with Gasteiger partial charge >= 0.3 is 0 Å². The molecule has 5 heteroatoms. The van der Waals surface area contributed by atoms with Gasteiger partial charge in [0.2, 0.25) is 0 Å². The van der Waals surface area contributed by atoms with Crippen LogP contribution in [-0.2, 0) is 0 Å². The van der Waals surface area contributed by atoms with Crippen LogP contribution >= 0.6 is 23.4 Å². The Morgan fingerprint density at radius 1 is 1.43 bits per heavy atom. The lowest BCUT2D eigenvalue weighted by Gasteiger charge is -2.12. The van der Waals surface area contributed by atoms with Crippen LogP contribution < -0.4 is 5.43 Å². The maximum absolute atomic E-state index is 10.8. The molecule has 1 amide bonds. The van der Waals surface area contributed by atoms with Gasteiger partial charge in [0.05, 0.1) is 5.71 Å². The number of hydrogen-bond donors (Lipinski definition) is 1. The third-order valence-electron chi connectivity index (χ3n) is 1.81. The van der Waals surface area contributed by atoms with Crippen molar-refractivity contribution in [3.63, 3.8) is 0 Å². The van der Waals surface area contributed by atoms with Crippen molar-refractivity contribution in [1.82, 2.24) is 5.43 Å². The van der Waals surface area contributed by atoms with Crippen LogP contribution in [0.3, 0.4) is 0 Å². The highest BCUT2D eigenvalue weighted by Crippen LogP contribution is 2.19. The molecule has 72 valence electrons. The van der Waals surface area contributed by atoms with Crippen molar-refractivity contribution in [3.05, 3.63) is 34.9 Å². The fourth-order valence-electron chi connectivity index (χ4n) is 1.14. The van der Waals surface area contributed by atoms with E-state index in [4.69, 9.17) is 11.6 Å². The summed E-state index contributed by atoms with van der Waals surface area (Å²) >= 11 is 7.18. The Morgan fingerprint density at radius 3 is 2.86 bits per heavy atom. The molecule has 0 saturated carbocycles. The van der Waals surface area contributed by atoms with E-state index in [2.05, 4.69) is 10.5 Å². The van der Waals surface area contributed by atoms with E-state index in [0.717, 1.165) is 11.3 Å². The van der Waals surface area contributed by atoms with Gasteiger partial charge in [-0.3, -0.25) is 4.79 Å². The number of hydrazone groups is 1. The van der Waals surface area contributed by atoms with E-state index >= 15 is 0 Å². The van der Waals surface area contributed by atoms with Crippen LogP contribution in [-0.4, -0.2) is 16.7 Å². The van der Waals surface area contributed by atoms with E-state index in [1.807, 2.05) is 18.2 Å². The van der Waals surface area contributed by atoms with E-state index in [9.17, 15) is 4.79 Å². The van der Waals surface area contributed by atoms with Crippen LogP contribution in [0, 0.1) is 0 Å². The summed E-state index contributed by atoms with van der Waals surface area (Å²) in [5.74, 6) is 0.565. The lowest BCUT2D eigenvalue weighted by molar-refractivity contribution is 0.261. The number of carbonyl (C=O) groups excluding carboxylic acids is 1. The summed E-state index contributed by atoms with van der Waals surface area (Å²) in [4.78, 5) is 10.8. The molecule has 14 heavy (non-hydrogen) atoms. The summed E-state index contributed by atoms with van der Waals surface area (Å²) in [5.41, 5.74) is 4.09. The lowest BCUT2D eigenvalue weighted by Crippen LogP contribution is -2.23.